The standard InChI is InChI=1S/C25H34N4O4/c1-31-22-6-3-2-5-21(22)29-18-19(15-27-29)17-28-12-10-25(11-13-28)9-8-20(33-25)16-26-24(30)23-7-4-14-32-23/h2-3,5-6,15,18,20,23H,4,7-14,16-17H2,1H3,(H,26,30)/t20-,23+/m1/s1. The second-order valence-electron chi connectivity index (χ2n) is 9.45. The van der Waals surface area contributed by atoms with Gasteiger partial charge in [-0.15, -0.1) is 0 Å². The summed E-state index contributed by atoms with van der Waals surface area (Å²) in [6.07, 6.45) is 9.82. The molecule has 0 bridgehead atoms. The number of aromatic nitrogens is 2. The van der Waals surface area contributed by atoms with Crippen molar-refractivity contribution in [2.45, 2.75) is 62.9 Å². The summed E-state index contributed by atoms with van der Waals surface area (Å²) in [5, 5.41) is 7.58. The van der Waals surface area contributed by atoms with Crippen molar-refractivity contribution in [3.63, 3.8) is 0 Å². The largest absolute Gasteiger partial charge is 0.494 e. The molecule has 0 radical (unpaired) electrons. The highest BCUT2D eigenvalue weighted by atomic mass is 16.5. The van der Waals surface area contributed by atoms with Gasteiger partial charge in [0.05, 0.1) is 25.0 Å². The molecule has 2 atom stereocenters. The lowest BCUT2D eigenvalue weighted by Gasteiger charge is -2.39. The number of methoxy groups -OCH3 is 1. The number of rotatable bonds is 7. The molecule has 0 saturated carbocycles. The molecule has 1 spiro atoms. The van der Waals surface area contributed by atoms with Crippen molar-refractivity contribution < 1.29 is 19.0 Å². The average Bonchev–Trinajstić information content (AvgIpc) is 3.61. The average molecular weight is 455 g/mol. The van der Waals surface area contributed by atoms with Crippen LogP contribution in [0.25, 0.3) is 5.69 Å². The Balaban J connectivity index is 1.09. The number of para-hydroxylation sites is 2. The third-order valence-corrected chi connectivity index (χ3v) is 7.21. The number of amides is 1. The molecular formula is C25H34N4O4. The summed E-state index contributed by atoms with van der Waals surface area (Å²) in [6.45, 7) is 4.18. The predicted molar refractivity (Wildman–Crippen MR) is 123 cm³/mol. The van der Waals surface area contributed by atoms with Gasteiger partial charge in [0, 0.05) is 44.5 Å². The van der Waals surface area contributed by atoms with Crippen LogP contribution in [-0.4, -0.2) is 71.7 Å². The van der Waals surface area contributed by atoms with Crippen LogP contribution in [-0.2, 0) is 20.8 Å². The van der Waals surface area contributed by atoms with E-state index < -0.39 is 0 Å². The van der Waals surface area contributed by atoms with Gasteiger partial charge in [-0.05, 0) is 50.7 Å². The molecule has 5 rings (SSSR count). The van der Waals surface area contributed by atoms with Crippen LogP contribution in [0.2, 0.25) is 0 Å². The van der Waals surface area contributed by atoms with Gasteiger partial charge in [-0.3, -0.25) is 9.69 Å². The lowest BCUT2D eigenvalue weighted by molar-refractivity contribution is -0.131. The molecule has 3 aliphatic rings. The summed E-state index contributed by atoms with van der Waals surface area (Å²) >= 11 is 0. The Morgan fingerprint density at radius 2 is 2.09 bits per heavy atom. The van der Waals surface area contributed by atoms with E-state index >= 15 is 0 Å². The fourth-order valence-corrected chi connectivity index (χ4v) is 5.29. The van der Waals surface area contributed by atoms with Gasteiger partial charge in [0.25, 0.3) is 0 Å². The highest BCUT2D eigenvalue weighted by Gasteiger charge is 2.42. The normalized spacial score (nSPS) is 24.9. The van der Waals surface area contributed by atoms with Gasteiger partial charge in [-0.1, -0.05) is 12.1 Å². The van der Waals surface area contributed by atoms with Crippen molar-refractivity contribution >= 4 is 5.91 Å². The maximum atomic E-state index is 12.2. The minimum Gasteiger partial charge on any atom is -0.494 e. The molecule has 3 fully saturated rings. The van der Waals surface area contributed by atoms with Crippen molar-refractivity contribution in [1.82, 2.24) is 20.0 Å². The van der Waals surface area contributed by atoms with E-state index in [1.165, 1.54) is 5.56 Å². The maximum Gasteiger partial charge on any atom is 0.249 e. The third kappa shape index (κ3) is 5.08. The van der Waals surface area contributed by atoms with Gasteiger partial charge in [-0.2, -0.15) is 5.10 Å². The number of ether oxygens (including phenoxy) is 3. The summed E-state index contributed by atoms with van der Waals surface area (Å²) in [5.74, 6) is 0.826. The number of nitrogens with one attached hydrogen (secondary N) is 1. The molecule has 8 nitrogen and oxygen atoms in total. The lowest BCUT2D eigenvalue weighted by atomic mass is 9.88. The molecule has 2 aromatic rings. The quantitative estimate of drug-likeness (QED) is 0.693. The Morgan fingerprint density at radius 3 is 2.88 bits per heavy atom. The Kier molecular flexibility index (Phi) is 6.66. The molecule has 8 heteroatoms. The number of nitrogens with zero attached hydrogens (tertiary/aromatic N) is 3. The lowest BCUT2D eigenvalue weighted by Crippen LogP contribution is -2.45. The molecule has 1 N–H and O–H groups in total. The van der Waals surface area contributed by atoms with Gasteiger partial charge in [0.15, 0.2) is 0 Å². The second-order valence-corrected chi connectivity index (χ2v) is 9.45. The van der Waals surface area contributed by atoms with Crippen LogP contribution >= 0.6 is 0 Å². The maximum absolute atomic E-state index is 12.2. The zero-order valence-electron chi connectivity index (χ0n) is 19.4. The first-order chi connectivity index (χ1) is 16.1. The first-order valence-corrected chi connectivity index (χ1v) is 12.1. The zero-order valence-corrected chi connectivity index (χ0v) is 19.4. The van der Waals surface area contributed by atoms with Gasteiger partial charge in [-0.25, -0.2) is 4.68 Å². The topological polar surface area (TPSA) is 77.9 Å². The smallest absolute Gasteiger partial charge is 0.249 e. The predicted octanol–water partition coefficient (Wildman–Crippen LogP) is 2.69. The van der Waals surface area contributed by atoms with E-state index in [4.69, 9.17) is 14.2 Å². The Morgan fingerprint density at radius 1 is 1.24 bits per heavy atom. The Hall–Kier alpha value is -2.42. The zero-order chi connectivity index (χ0) is 22.7. The van der Waals surface area contributed by atoms with Crippen molar-refractivity contribution in [2.24, 2.45) is 0 Å². The number of piperidine rings is 1. The van der Waals surface area contributed by atoms with Crippen molar-refractivity contribution in [1.29, 1.82) is 0 Å². The number of benzene rings is 1. The SMILES string of the molecule is COc1ccccc1-n1cc(CN2CCC3(CC[C@H](CNC(=O)[C@@H]4CCCO4)O3)CC2)cn1. The molecule has 178 valence electrons. The van der Waals surface area contributed by atoms with E-state index in [0.717, 1.165) is 69.6 Å². The third-order valence-electron chi connectivity index (χ3n) is 7.21. The fraction of sp³-hybridized carbons (Fsp3) is 0.600. The minimum absolute atomic E-state index is 0.0144. The van der Waals surface area contributed by atoms with Gasteiger partial charge >= 0.3 is 0 Å². The number of hydrogen-bond acceptors (Lipinski definition) is 6. The Bertz CT molecular complexity index is 947. The first-order valence-electron chi connectivity index (χ1n) is 12.1. The molecule has 3 saturated heterocycles. The van der Waals surface area contributed by atoms with Gasteiger partial charge < -0.3 is 19.5 Å². The van der Waals surface area contributed by atoms with Crippen LogP contribution in [0.1, 0.15) is 44.1 Å². The summed E-state index contributed by atoms with van der Waals surface area (Å²) in [5.41, 5.74) is 2.11. The van der Waals surface area contributed by atoms with E-state index in [2.05, 4.69) is 21.5 Å². The number of likely N-dealkylation sites (tertiary alicyclic amines) is 1. The Labute approximate surface area is 195 Å². The van der Waals surface area contributed by atoms with E-state index in [0.29, 0.717) is 13.2 Å². The monoisotopic (exact) mass is 454 g/mol. The molecule has 1 aromatic carbocycles. The fourth-order valence-electron chi connectivity index (χ4n) is 5.29. The van der Waals surface area contributed by atoms with Crippen LogP contribution in [0.15, 0.2) is 36.7 Å². The molecule has 1 aromatic heterocycles. The molecule has 0 unspecified atom stereocenters. The molecule has 0 aliphatic carbocycles. The van der Waals surface area contributed by atoms with Crippen LogP contribution in [0.4, 0.5) is 0 Å². The number of carbonyl (C=O) groups excluding carboxylic acids is 1. The van der Waals surface area contributed by atoms with Crippen LogP contribution < -0.4 is 10.1 Å². The van der Waals surface area contributed by atoms with Gasteiger partial charge in [0.2, 0.25) is 5.91 Å². The minimum atomic E-state index is -0.268. The van der Waals surface area contributed by atoms with Gasteiger partial charge in [0.1, 0.15) is 17.5 Å². The molecule has 1 amide bonds. The summed E-state index contributed by atoms with van der Waals surface area (Å²) in [6, 6.07) is 7.91. The van der Waals surface area contributed by atoms with E-state index in [1.54, 1.807) is 7.11 Å². The van der Waals surface area contributed by atoms with Crippen molar-refractivity contribution in [3.8, 4) is 11.4 Å². The molecule has 4 heterocycles. The molecular weight excluding hydrogens is 420 g/mol. The molecule has 33 heavy (non-hydrogen) atoms. The second kappa shape index (κ2) is 9.83. The van der Waals surface area contributed by atoms with E-state index in [9.17, 15) is 4.79 Å². The van der Waals surface area contributed by atoms with Crippen LogP contribution in [0.3, 0.4) is 0 Å². The van der Waals surface area contributed by atoms with Crippen LogP contribution in [0, 0.1) is 0 Å². The van der Waals surface area contributed by atoms with E-state index in [-0.39, 0.29) is 23.7 Å². The summed E-state index contributed by atoms with van der Waals surface area (Å²) < 4.78 is 19.3. The van der Waals surface area contributed by atoms with Crippen LogP contribution in [0.5, 0.6) is 5.75 Å². The highest BCUT2D eigenvalue weighted by Crippen LogP contribution is 2.39. The summed E-state index contributed by atoms with van der Waals surface area (Å²) in [7, 11) is 1.68. The number of hydrogen-bond donors (Lipinski definition) is 1. The van der Waals surface area contributed by atoms with Crippen molar-refractivity contribution in [3.05, 3.63) is 42.2 Å². The first kappa shape index (κ1) is 22.4. The number of carbonyl (C=O) groups is 1. The molecule has 3 aliphatic heterocycles. The van der Waals surface area contributed by atoms with E-state index in [1.807, 2.05) is 35.1 Å². The summed E-state index contributed by atoms with van der Waals surface area (Å²) in [4.78, 5) is 14.7. The van der Waals surface area contributed by atoms with Crippen molar-refractivity contribution in [2.75, 3.05) is 33.4 Å². The highest BCUT2D eigenvalue weighted by molar-refractivity contribution is 5.80.